The van der Waals surface area contributed by atoms with E-state index < -0.39 is 0 Å². The number of rotatable bonds is 7. The lowest BCUT2D eigenvalue weighted by Crippen LogP contribution is -2.33. The summed E-state index contributed by atoms with van der Waals surface area (Å²) in [6.07, 6.45) is 1.54. The van der Waals surface area contributed by atoms with Gasteiger partial charge in [0.1, 0.15) is 5.82 Å². The molecular weight excluding hydrogens is 287 g/mol. The summed E-state index contributed by atoms with van der Waals surface area (Å²) in [6, 6.07) is 5.81. The van der Waals surface area contributed by atoms with Gasteiger partial charge in [-0.2, -0.15) is 0 Å². The van der Waals surface area contributed by atoms with Crippen molar-refractivity contribution in [1.82, 2.24) is 0 Å². The molecule has 0 aliphatic carbocycles. The SMILES string of the molecule is CC(C)COC(C)C(C)(C)Cc1cccc(CC(C)(C)C)c1F. The van der Waals surface area contributed by atoms with Crippen LogP contribution in [0.15, 0.2) is 18.2 Å². The minimum absolute atomic E-state index is 0.0356. The Morgan fingerprint density at radius 3 is 1.96 bits per heavy atom. The van der Waals surface area contributed by atoms with E-state index >= 15 is 0 Å². The minimum atomic E-state index is -0.101. The van der Waals surface area contributed by atoms with Crippen LogP contribution in [-0.4, -0.2) is 12.7 Å². The average molecular weight is 323 g/mol. The fraction of sp³-hybridized carbons (Fsp3) is 0.714. The monoisotopic (exact) mass is 322 g/mol. The van der Waals surface area contributed by atoms with Crippen molar-refractivity contribution >= 4 is 0 Å². The molecule has 132 valence electrons. The van der Waals surface area contributed by atoms with E-state index in [1.54, 1.807) is 0 Å². The van der Waals surface area contributed by atoms with Crippen LogP contribution < -0.4 is 0 Å². The lowest BCUT2D eigenvalue weighted by atomic mass is 9.79. The normalized spacial score (nSPS) is 14.3. The van der Waals surface area contributed by atoms with Gasteiger partial charge in [0.25, 0.3) is 0 Å². The highest BCUT2D eigenvalue weighted by Gasteiger charge is 2.29. The molecule has 0 aromatic heterocycles. The Morgan fingerprint density at radius 2 is 1.48 bits per heavy atom. The van der Waals surface area contributed by atoms with Gasteiger partial charge in [-0.15, -0.1) is 0 Å². The van der Waals surface area contributed by atoms with Crippen molar-refractivity contribution in [2.75, 3.05) is 6.61 Å². The molecule has 1 atom stereocenters. The van der Waals surface area contributed by atoms with Crippen molar-refractivity contribution in [1.29, 1.82) is 0 Å². The number of halogens is 1. The third-order valence-electron chi connectivity index (χ3n) is 4.31. The van der Waals surface area contributed by atoms with Gasteiger partial charge in [-0.3, -0.25) is 0 Å². The molecule has 1 rings (SSSR count). The molecular formula is C21H35FO. The third-order valence-corrected chi connectivity index (χ3v) is 4.31. The quantitative estimate of drug-likeness (QED) is 0.594. The topological polar surface area (TPSA) is 9.23 Å². The Kier molecular flexibility index (Phi) is 6.82. The molecule has 0 aliphatic rings. The van der Waals surface area contributed by atoms with Crippen molar-refractivity contribution in [2.45, 2.75) is 74.3 Å². The third kappa shape index (κ3) is 6.63. The van der Waals surface area contributed by atoms with Gasteiger partial charge in [-0.1, -0.05) is 66.7 Å². The minimum Gasteiger partial charge on any atom is -0.378 e. The first-order valence-corrected chi connectivity index (χ1v) is 8.80. The molecule has 0 N–H and O–H groups in total. The summed E-state index contributed by atoms with van der Waals surface area (Å²) in [5.74, 6) is 0.478. The second-order valence-electron chi connectivity index (χ2n) is 9.16. The van der Waals surface area contributed by atoms with E-state index in [2.05, 4.69) is 55.4 Å². The van der Waals surface area contributed by atoms with Crippen molar-refractivity contribution in [2.24, 2.45) is 16.7 Å². The van der Waals surface area contributed by atoms with Crippen molar-refractivity contribution in [3.63, 3.8) is 0 Å². The fourth-order valence-corrected chi connectivity index (χ4v) is 2.67. The fourth-order valence-electron chi connectivity index (χ4n) is 2.67. The summed E-state index contributed by atoms with van der Waals surface area (Å²) >= 11 is 0. The van der Waals surface area contributed by atoms with Crippen LogP contribution in [0.5, 0.6) is 0 Å². The highest BCUT2D eigenvalue weighted by atomic mass is 19.1. The van der Waals surface area contributed by atoms with E-state index in [0.717, 1.165) is 24.2 Å². The summed E-state index contributed by atoms with van der Waals surface area (Å²) in [5.41, 5.74) is 1.61. The summed E-state index contributed by atoms with van der Waals surface area (Å²) in [6.45, 7) is 17.9. The number of ether oxygens (including phenoxy) is 1. The molecule has 0 saturated carbocycles. The second-order valence-corrected chi connectivity index (χ2v) is 9.16. The van der Waals surface area contributed by atoms with Gasteiger partial charge in [-0.25, -0.2) is 4.39 Å². The van der Waals surface area contributed by atoms with E-state index in [4.69, 9.17) is 4.74 Å². The first-order chi connectivity index (χ1) is 10.4. The van der Waals surface area contributed by atoms with Crippen LogP contribution in [0.25, 0.3) is 0 Å². The maximum absolute atomic E-state index is 14.9. The van der Waals surface area contributed by atoms with Crippen LogP contribution in [0.2, 0.25) is 0 Å². The van der Waals surface area contributed by atoms with E-state index in [1.165, 1.54) is 0 Å². The summed E-state index contributed by atoms with van der Waals surface area (Å²) in [4.78, 5) is 0. The first kappa shape index (κ1) is 20.2. The molecule has 1 aromatic rings. The lowest BCUT2D eigenvalue weighted by molar-refractivity contribution is -0.0247. The molecule has 2 heteroatoms. The molecule has 0 radical (unpaired) electrons. The Morgan fingerprint density at radius 1 is 0.957 bits per heavy atom. The van der Waals surface area contributed by atoms with E-state index in [0.29, 0.717) is 12.3 Å². The molecule has 0 fully saturated rings. The second kappa shape index (κ2) is 7.79. The standard InChI is InChI=1S/C21H35FO/c1-15(2)14-23-16(3)21(7,8)13-18-11-9-10-17(19(18)22)12-20(4,5)6/h9-11,15-16H,12-14H2,1-8H3. The van der Waals surface area contributed by atoms with E-state index in [-0.39, 0.29) is 22.8 Å². The van der Waals surface area contributed by atoms with Crippen molar-refractivity contribution < 1.29 is 9.13 Å². The predicted octanol–water partition coefficient (Wildman–Crippen LogP) is 6.04. The van der Waals surface area contributed by atoms with E-state index in [1.807, 2.05) is 18.2 Å². The van der Waals surface area contributed by atoms with Gasteiger partial charge < -0.3 is 4.74 Å². The molecule has 0 spiro atoms. The highest BCUT2D eigenvalue weighted by Crippen LogP contribution is 2.31. The Labute approximate surface area is 142 Å². The average Bonchev–Trinajstić information content (AvgIpc) is 2.38. The molecule has 0 heterocycles. The summed E-state index contributed by atoms with van der Waals surface area (Å²) < 4.78 is 20.8. The van der Waals surface area contributed by atoms with Gasteiger partial charge in [0.2, 0.25) is 0 Å². The molecule has 1 aromatic carbocycles. The van der Waals surface area contributed by atoms with Crippen molar-refractivity contribution in [3.8, 4) is 0 Å². The molecule has 0 bridgehead atoms. The summed E-state index contributed by atoms with van der Waals surface area (Å²) in [7, 11) is 0. The zero-order valence-corrected chi connectivity index (χ0v) is 16.3. The zero-order valence-electron chi connectivity index (χ0n) is 16.3. The van der Waals surface area contributed by atoms with Crippen LogP contribution in [0.1, 0.15) is 66.5 Å². The van der Waals surface area contributed by atoms with Crippen LogP contribution in [-0.2, 0) is 17.6 Å². The highest BCUT2D eigenvalue weighted by molar-refractivity contribution is 5.28. The summed E-state index contributed by atoms with van der Waals surface area (Å²) in [5, 5.41) is 0. The Balaban J connectivity index is 2.89. The molecule has 23 heavy (non-hydrogen) atoms. The number of hydrogen-bond acceptors (Lipinski definition) is 1. The lowest BCUT2D eigenvalue weighted by Gasteiger charge is -2.33. The largest absolute Gasteiger partial charge is 0.378 e. The zero-order chi connectivity index (χ0) is 17.8. The van der Waals surface area contributed by atoms with Gasteiger partial charge in [0.15, 0.2) is 0 Å². The van der Waals surface area contributed by atoms with E-state index in [9.17, 15) is 4.39 Å². The molecule has 0 aliphatic heterocycles. The van der Waals surface area contributed by atoms with Crippen LogP contribution >= 0.6 is 0 Å². The maximum atomic E-state index is 14.9. The molecule has 1 nitrogen and oxygen atoms in total. The number of hydrogen-bond donors (Lipinski definition) is 0. The first-order valence-electron chi connectivity index (χ1n) is 8.80. The Hall–Kier alpha value is -0.890. The maximum Gasteiger partial charge on any atom is 0.129 e. The van der Waals surface area contributed by atoms with Gasteiger partial charge in [-0.05, 0) is 47.6 Å². The van der Waals surface area contributed by atoms with Gasteiger partial charge >= 0.3 is 0 Å². The van der Waals surface area contributed by atoms with Crippen LogP contribution in [0.3, 0.4) is 0 Å². The molecule has 0 saturated heterocycles. The molecule has 0 amide bonds. The molecule has 1 unspecified atom stereocenters. The van der Waals surface area contributed by atoms with Gasteiger partial charge in [0.05, 0.1) is 6.10 Å². The smallest absolute Gasteiger partial charge is 0.129 e. The van der Waals surface area contributed by atoms with Crippen molar-refractivity contribution in [3.05, 3.63) is 35.1 Å². The predicted molar refractivity (Wildman–Crippen MR) is 97.3 cm³/mol. The van der Waals surface area contributed by atoms with Crippen LogP contribution in [0, 0.1) is 22.6 Å². The van der Waals surface area contributed by atoms with Gasteiger partial charge in [0, 0.05) is 6.61 Å². The number of benzene rings is 1. The van der Waals surface area contributed by atoms with Crippen LogP contribution in [0.4, 0.5) is 4.39 Å². The Bertz CT molecular complexity index is 497.